The summed E-state index contributed by atoms with van der Waals surface area (Å²) >= 11 is 1.88. The molecule has 0 saturated heterocycles. The molecule has 0 saturated carbocycles. The Hall–Kier alpha value is -7.98. The van der Waals surface area contributed by atoms with Crippen molar-refractivity contribution >= 4 is 70.4 Å². The second-order valence-electron chi connectivity index (χ2n) is 16.0. The van der Waals surface area contributed by atoms with E-state index in [2.05, 4.69) is 252 Å². The van der Waals surface area contributed by atoms with E-state index in [0.717, 1.165) is 33.8 Å². The van der Waals surface area contributed by atoms with Crippen molar-refractivity contribution in [3.05, 3.63) is 243 Å². The highest BCUT2D eigenvalue weighted by molar-refractivity contribution is 7.26. The predicted octanol–water partition coefficient (Wildman–Crippen LogP) is 17.3. The van der Waals surface area contributed by atoms with E-state index in [-0.39, 0.29) is 0 Å². The Morgan fingerprint density at radius 3 is 1.62 bits per heavy atom. The first kappa shape index (κ1) is 36.8. The van der Waals surface area contributed by atoms with Crippen LogP contribution in [0.1, 0.15) is 0 Å². The number of hydrogen-bond donors (Lipinski definition) is 0. The predicted molar refractivity (Wildman–Crippen MR) is 270 cm³/mol. The number of fused-ring (bicyclic) bond motifs is 6. The number of benzene rings is 10. The molecule has 0 aliphatic carbocycles. The molecule has 0 spiro atoms. The lowest BCUT2D eigenvalue weighted by Crippen LogP contribution is -2.11. The molecule has 0 aliphatic heterocycles. The summed E-state index contributed by atoms with van der Waals surface area (Å²) < 4.78 is 5.04. The summed E-state index contributed by atoms with van der Waals surface area (Å²) in [6.07, 6.45) is 0. The van der Waals surface area contributed by atoms with Crippen molar-refractivity contribution in [3.63, 3.8) is 0 Å². The summed E-state index contributed by atoms with van der Waals surface area (Å²) in [5.74, 6) is 0. The first-order valence-electron chi connectivity index (χ1n) is 21.5. The molecule has 0 fully saturated rings. The lowest BCUT2D eigenvalue weighted by molar-refractivity contribution is 1.18. The lowest BCUT2D eigenvalue weighted by Gasteiger charge is -2.29. The van der Waals surface area contributed by atoms with E-state index in [9.17, 15) is 0 Å². The van der Waals surface area contributed by atoms with Crippen molar-refractivity contribution in [1.29, 1.82) is 0 Å². The molecule has 296 valence electrons. The minimum Gasteiger partial charge on any atom is -0.310 e. The van der Waals surface area contributed by atoms with E-state index in [1.54, 1.807) is 0 Å². The van der Waals surface area contributed by atoms with Crippen LogP contribution in [0.2, 0.25) is 0 Å². The summed E-state index contributed by atoms with van der Waals surface area (Å²) in [4.78, 5) is 2.45. The number of thiophene rings is 1. The van der Waals surface area contributed by atoms with Gasteiger partial charge in [-0.1, -0.05) is 188 Å². The van der Waals surface area contributed by atoms with Gasteiger partial charge in [0.2, 0.25) is 0 Å². The van der Waals surface area contributed by atoms with Gasteiger partial charge in [0, 0.05) is 53.6 Å². The van der Waals surface area contributed by atoms with Gasteiger partial charge in [-0.15, -0.1) is 11.3 Å². The SMILES string of the molecule is c1ccc(-c2ccccc2-c2ccccc2-c2ccccc2N(c2ccc(-c3cccc4c3sc3ccccc34)cc2)c2ccc3c4ccccc4n(-c4ccccc4)c3c2)cc1. The van der Waals surface area contributed by atoms with Crippen LogP contribution in [0.15, 0.2) is 243 Å². The van der Waals surface area contributed by atoms with E-state index >= 15 is 0 Å². The molecule has 0 bridgehead atoms. The molecule has 12 rings (SSSR count). The minimum absolute atomic E-state index is 1.08. The standard InChI is InChI=1S/C60H40N2S/c1-3-18-41(19-4-1)46-22-7-8-23-48(46)49-24-9-10-25-50(49)51-26-11-14-31-56(51)61(44-36-34-42(35-37-44)47-29-17-30-55-54-28-13-16-33-59(54)63-60(47)55)45-38-39-53-52-27-12-15-32-57(52)62(58(53)40-45)43-20-5-2-6-21-43/h1-40H. The zero-order valence-electron chi connectivity index (χ0n) is 34.4. The maximum Gasteiger partial charge on any atom is 0.0561 e. The highest BCUT2D eigenvalue weighted by Gasteiger charge is 2.22. The second-order valence-corrected chi connectivity index (χ2v) is 17.1. The van der Waals surface area contributed by atoms with Gasteiger partial charge < -0.3 is 9.47 Å². The lowest BCUT2D eigenvalue weighted by atomic mass is 9.88. The van der Waals surface area contributed by atoms with Gasteiger partial charge in [0.25, 0.3) is 0 Å². The van der Waals surface area contributed by atoms with Crippen LogP contribution >= 0.6 is 11.3 Å². The molecular formula is C60H40N2S. The van der Waals surface area contributed by atoms with Crippen molar-refractivity contribution in [2.24, 2.45) is 0 Å². The van der Waals surface area contributed by atoms with Crippen molar-refractivity contribution in [3.8, 4) is 50.2 Å². The third-order valence-electron chi connectivity index (χ3n) is 12.4. The molecule has 63 heavy (non-hydrogen) atoms. The molecule has 0 atom stereocenters. The summed E-state index contributed by atoms with van der Waals surface area (Å²) in [6, 6.07) is 88.4. The third-order valence-corrected chi connectivity index (χ3v) is 13.7. The van der Waals surface area contributed by atoms with Crippen molar-refractivity contribution in [1.82, 2.24) is 4.57 Å². The minimum atomic E-state index is 1.08. The monoisotopic (exact) mass is 820 g/mol. The number of anilines is 3. The zero-order valence-corrected chi connectivity index (χ0v) is 35.2. The zero-order chi connectivity index (χ0) is 41.7. The smallest absolute Gasteiger partial charge is 0.0561 e. The molecule has 0 amide bonds. The first-order valence-corrected chi connectivity index (χ1v) is 22.3. The van der Waals surface area contributed by atoms with Gasteiger partial charge in [-0.3, -0.25) is 0 Å². The number of hydrogen-bond acceptors (Lipinski definition) is 2. The van der Waals surface area contributed by atoms with Crippen LogP contribution in [0.4, 0.5) is 17.1 Å². The highest BCUT2D eigenvalue weighted by Crippen LogP contribution is 2.47. The Morgan fingerprint density at radius 1 is 0.317 bits per heavy atom. The Morgan fingerprint density at radius 2 is 0.841 bits per heavy atom. The number of para-hydroxylation sites is 3. The van der Waals surface area contributed by atoms with E-state index in [1.165, 1.54) is 75.4 Å². The summed E-state index contributed by atoms with van der Waals surface area (Å²) in [5.41, 5.74) is 16.3. The van der Waals surface area contributed by atoms with Crippen LogP contribution in [0.3, 0.4) is 0 Å². The van der Waals surface area contributed by atoms with Gasteiger partial charge in [-0.2, -0.15) is 0 Å². The molecule has 12 aromatic rings. The molecule has 0 aliphatic rings. The molecule has 2 aromatic heterocycles. The second kappa shape index (κ2) is 15.5. The fourth-order valence-electron chi connectivity index (χ4n) is 9.58. The summed E-state index contributed by atoms with van der Waals surface area (Å²) in [6.45, 7) is 0. The molecule has 3 heteroatoms. The molecule has 10 aromatic carbocycles. The highest BCUT2D eigenvalue weighted by atomic mass is 32.1. The molecular weight excluding hydrogens is 781 g/mol. The van der Waals surface area contributed by atoms with E-state index in [1.807, 2.05) is 11.3 Å². The van der Waals surface area contributed by atoms with Crippen molar-refractivity contribution in [2.75, 3.05) is 4.90 Å². The largest absolute Gasteiger partial charge is 0.310 e. The van der Waals surface area contributed by atoms with Gasteiger partial charge in [0.15, 0.2) is 0 Å². The maximum atomic E-state index is 2.45. The van der Waals surface area contributed by atoms with E-state index in [0.29, 0.717) is 0 Å². The quantitative estimate of drug-likeness (QED) is 0.148. The Balaban J connectivity index is 1.07. The number of rotatable bonds is 8. The van der Waals surface area contributed by atoms with Crippen LogP contribution in [0.5, 0.6) is 0 Å². The fourth-order valence-corrected chi connectivity index (χ4v) is 10.8. The molecule has 2 nitrogen and oxygen atoms in total. The average molecular weight is 821 g/mol. The first-order chi connectivity index (χ1) is 31.3. The van der Waals surface area contributed by atoms with E-state index < -0.39 is 0 Å². The van der Waals surface area contributed by atoms with Crippen LogP contribution < -0.4 is 4.90 Å². The van der Waals surface area contributed by atoms with Crippen LogP contribution in [0, 0.1) is 0 Å². The topological polar surface area (TPSA) is 8.17 Å². The van der Waals surface area contributed by atoms with Gasteiger partial charge >= 0.3 is 0 Å². The average Bonchev–Trinajstić information content (AvgIpc) is 3.91. The van der Waals surface area contributed by atoms with Crippen molar-refractivity contribution < 1.29 is 0 Å². The van der Waals surface area contributed by atoms with Crippen molar-refractivity contribution in [2.45, 2.75) is 0 Å². The van der Waals surface area contributed by atoms with Crippen LogP contribution in [-0.4, -0.2) is 4.57 Å². The van der Waals surface area contributed by atoms with Crippen LogP contribution in [-0.2, 0) is 0 Å². The van der Waals surface area contributed by atoms with Gasteiger partial charge in [-0.05, 0) is 93.5 Å². The Bertz CT molecular complexity index is 3620. The fraction of sp³-hybridized carbons (Fsp3) is 0. The number of aromatic nitrogens is 1. The summed E-state index contributed by atoms with van der Waals surface area (Å²) in [7, 11) is 0. The Labute approximate surface area is 370 Å². The maximum absolute atomic E-state index is 2.45. The molecule has 2 heterocycles. The Kier molecular flexibility index (Phi) is 9.06. The molecule has 0 N–H and O–H groups in total. The van der Waals surface area contributed by atoms with Crippen LogP contribution in [0.25, 0.3) is 92.2 Å². The number of nitrogens with zero attached hydrogens (tertiary/aromatic N) is 2. The third kappa shape index (κ3) is 6.33. The molecule has 0 unspecified atom stereocenters. The van der Waals surface area contributed by atoms with Gasteiger partial charge in [0.05, 0.1) is 16.7 Å². The van der Waals surface area contributed by atoms with Gasteiger partial charge in [-0.25, -0.2) is 0 Å². The normalized spacial score (nSPS) is 11.5. The van der Waals surface area contributed by atoms with Gasteiger partial charge in [0.1, 0.15) is 0 Å². The summed E-state index contributed by atoms with van der Waals surface area (Å²) in [5, 5.41) is 5.08. The van der Waals surface area contributed by atoms with E-state index in [4.69, 9.17) is 0 Å². The molecule has 0 radical (unpaired) electrons.